The second kappa shape index (κ2) is 11.0. The molecule has 0 aliphatic heterocycles. The average Bonchev–Trinajstić information content (AvgIpc) is 2.70. The Morgan fingerprint density at radius 1 is 0.933 bits per heavy atom. The summed E-state index contributed by atoms with van der Waals surface area (Å²) in [5, 5.41) is 12.6. The predicted molar refractivity (Wildman–Crippen MR) is 120 cm³/mol. The van der Waals surface area contributed by atoms with Gasteiger partial charge in [0.25, 0.3) is 0 Å². The summed E-state index contributed by atoms with van der Waals surface area (Å²) >= 11 is 0. The van der Waals surface area contributed by atoms with Gasteiger partial charge in [-0.2, -0.15) is 0 Å². The highest BCUT2D eigenvalue weighted by Crippen LogP contribution is 2.18. The number of nitrogens with one attached hydrogen (secondary N) is 1. The highest BCUT2D eigenvalue weighted by molar-refractivity contribution is 5.68. The topological polar surface area (TPSA) is 67.8 Å². The summed E-state index contributed by atoms with van der Waals surface area (Å²) in [7, 11) is 0. The van der Waals surface area contributed by atoms with Crippen molar-refractivity contribution >= 4 is 6.09 Å². The van der Waals surface area contributed by atoms with Crippen LogP contribution < -0.4 is 10.1 Å². The van der Waals surface area contributed by atoms with Gasteiger partial charge in [0.1, 0.15) is 11.4 Å². The molecular formula is C25H35NO4. The summed E-state index contributed by atoms with van der Waals surface area (Å²) in [6.07, 6.45) is 2.78. The third kappa shape index (κ3) is 8.87. The predicted octanol–water partition coefficient (Wildman–Crippen LogP) is 4.91. The molecule has 5 heteroatoms. The molecule has 0 fully saturated rings. The number of alkyl carbamates (subject to hydrolysis) is 1. The number of benzene rings is 2. The van der Waals surface area contributed by atoms with Crippen LogP contribution in [0.3, 0.4) is 0 Å². The quantitative estimate of drug-likeness (QED) is 0.543. The van der Waals surface area contributed by atoms with Gasteiger partial charge in [-0.25, -0.2) is 4.79 Å². The van der Waals surface area contributed by atoms with Gasteiger partial charge >= 0.3 is 6.09 Å². The Bertz CT molecular complexity index is 768. The van der Waals surface area contributed by atoms with Gasteiger partial charge in [0.15, 0.2) is 0 Å². The molecule has 2 aromatic rings. The summed E-state index contributed by atoms with van der Waals surface area (Å²) in [5.41, 5.74) is 1.13. The molecular weight excluding hydrogens is 378 g/mol. The van der Waals surface area contributed by atoms with Crippen LogP contribution in [0.25, 0.3) is 0 Å². The van der Waals surface area contributed by atoms with Crippen LogP contribution in [0.15, 0.2) is 54.6 Å². The number of aryl methyl sites for hydroxylation is 2. The minimum absolute atomic E-state index is 0.158. The van der Waals surface area contributed by atoms with E-state index in [0.717, 1.165) is 30.6 Å². The highest BCUT2D eigenvalue weighted by atomic mass is 16.6. The minimum atomic E-state index is -0.741. The van der Waals surface area contributed by atoms with E-state index >= 15 is 0 Å². The molecule has 2 rings (SSSR count). The van der Waals surface area contributed by atoms with Crippen molar-refractivity contribution in [2.45, 2.75) is 64.5 Å². The van der Waals surface area contributed by atoms with Gasteiger partial charge in [0.05, 0.1) is 18.8 Å². The largest absolute Gasteiger partial charge is 0.494 e. The molecule has 2 aromatic carbocycles. The number of carbonyl (C=O) groups excluding carboxylic acids is 1. The normalized spacial score (nSPS) is 13.4. The number of aliphatic hydroxyl groups is 1. The van der Waals surface area contributed by atoms with E-state index in [4.69, 9.17) is 9.47 Å². The third-order valence-corrected chi connectivity index (χ3v) is 4.76. The van der Waals surface area contributed by atoms with Crippen LogP contribution in [0.4, 0.5) is 4.79 Å². The lowest BCUT2D eigenvalue weighted by Crippen LogP contribution is -2.50. The molecule has 5 nitrogen and oxygen atoms in total. The molecule has 0 heterocycles. The lowest BCUT2D eigenvalue weighted by Gasteiger charge is -2.30. The minimum Gasteiger partial charge on any atom is -0.494 e. The molecule has 1 amide bonds. The van der Waals surface area contributed by atoms with Crippen LogP contribution in [0.2, 0.25) is 0 Å². The maximum absolute atomic E-state index is 12.0. The Hall–Kier alpha value is -2.53. The number of hydrogen-bond acceptors (Lipinski definition) is 4. The maximum Gasteiger partial charge on any atom is 0.408 e. The first-order valence-corrected chi connectivity index (χ1v) is 10.6. The molecule has 1 atom stereocenters. The van der Waals surface area contributed by atoms with E-state index in [9.17, 15) is 9.90 Å². The molecule has 0 unspecified atom stereocenters. The van der Waals surface area contributed by atoms with E-state index in [2.05, 4.69) is 29.6 Å². The summed E-state index contributed by atoms with van der Waals surface area (Å²) < 4.78 is 11.1. The van der Waals surface area contributed by atoms with Gasteiger partial charge in [-0.3, -0.25) is 0 Å². The summed E-state index contributed by atoms with van der Waals surface area (Å²) in [4.78, 5) is 12.0. The molecule has 0 saturated heterocycles. The average molecular weight is 414 g/mol. The summed E-state index contributed by atoms with van der Waals surface area (Å²) in [6.45, 7) is 7.78. The van der Waals surface area contributed by atoms with E-state index in [-0.39, 0.29) is 6.61 Å². The monoisotopic (exact) mass is 413 g/mol. The third-order valence-electron chi connectivity index (χ3n) is 4.76. The number of amides is 1. The number of carbonyl (C=O) groups is 1. The van der Waals surface area contributed by atoms with E-state index in [1.54, 1.807) is 0 Å². The Balaban J connectivity index is 1.76. The Morgan fingerprint density at radius 2 is 1.57 bits per heavy atom. The highest BCUT2D eigenvalue weighted by Gasteiger charge is 2.28. The van der Waals surface area contributed by atoms with Gasteiger partial charge in [-0.15, -0.1) is 0 Å². The summed E-state index contributed by atoms with van der Waals surface area (Å²) in [6, 6.07) is 18.4. The molecule has 0 aliphatic carbocycles. The van der Waals surface area contributed by atoms with Gasteiger partial charge in [-0.1, -0.05) is 42.5 Å². The van der Waals surface area contributed by atoms with Crippen molar-refractivity contribution in [2.75, 3.05) is 13.2 Å². The van der Waals surface area contributed by atoms with E-state index in [0.29, 0.717) is 13.0 Å². The second-order valence-electron chi connectivity index (χ2n) is 8.93. The maximum atomic E-state index is 12.0. The smallest absolute Gasteiger partial charge is 0.408 e. The zero-order valence-corrected chi connectivity index (χ0v) is 18.6. The van der Waals surface area contributed by atoms with Gasteiger partial charge in [0, 0.05) is 0 Å². The fraction of sp³-hybridized carbons (Fsp3) is 0.480. The van der Waals surface area contributed by atoms with Crippen LogP contribution in [-0.2, 0) is 17.6 Å². The van der Waals surface area contributed by atoms with Crippen molar-refractivity contribution in [3.05, 3.63) is 65.7 Å². The molecule has 0 saturated carbocycles. The first-order chi connectivity index (χ1) is 14.2. The van der Waals surface area contributed by atoms with Crippen molar-refractivity contribution in [3.63, 3.8) is 0 Å². The summed E-state index contributed by atoms with van der Waals surface area (Å²) in [5.74, 6) is 0.851. The molecule has 164 valence electrons. The van der Waals surface area contributed by atoms with Crippen LogP contribution in [0, 0.1) is 0 Å². The molecule has 2 N–H and O–H groups in total. The lowest BCUT2D eigenvalue weighted by atomic mass is 9.94. The van der Waals surface area contributed by atoms with Crippen molar-refractivity contribution in [2.24, 2.45) is 0 Å². The first kappa shape index (κ1) is 23.7. The Morgan fingerprint density at radius 3 is 2.17 bits per heavy atom. The SMILES string of the molecule is CC(C)(C)OC(=O)N[C@@](C)(CO)CCc1ccc(OCCCc2ccccc2)cc1. The van der Waals surface area contributed by atoms with E-state index < -0.39 is 17.2 Å². The van der Waals surface area contributed by atoms with Gasteiger partial charge < -0.3 is 19.9 Å². The Kier molecular flexibility index (Phi) is 8.72. The number of ether oxygens (including phenoxy) is 2. The van der Waals surface area contributed by atoms with Crippen molar-refractivity contribution < 1.29 is 19.4 Å². The zero-order chi connectivity index (χ0) is 22.0. The molecule has 0 spiro atoms. The molecule has 30 heavy (non-hydrogen) atoms. The molecule has 0 aromatic heterocycles. The van der Waals surface area contributed by atoms with Crippen molar-refractivity contribution in [3.8, 4) is 5.75 Å². The Labute approximate surface area is 180 Å². The van der Waals surface area contributed by atoms with Crippen LogP contribution >= 0.6 is 0 Å². The molecule has 0 radical (unpaired) electrons. The van der Waals surface area contributed by atoms with Gasteiger partial charge in [-0.05, 0) is 76.6 Å². The van der Waals surface area contributed by atoms with Crippen molar-refractivity contribution in [1.82, 2.24) is 5.32 Å². The number of aliphatic hydroxyl groups excluding tert-OH is 1. The van der Waals surface area contributed by atoms with Crippen LogP contribution in [0.5, 0.6) is 5.75 Å². The first-order valence-electron chi connectivity index (χ1n) is 10.6. The number of hydrogen-bond donors (Lipinski definition) is 2. The molecule has 0 bridgehead atoms. The zero-order valence-electron chi connectivity index (χ0n) is 18.6. The van der Waals surface area contributed by atoms with E-state index in [1.165, 1.54) is 5.56 Å². The standard InChI is InChI=1S/C25H35NO4/c1-24(2,3)30-23(28)26-25(4,19-27)17-16-21-12-14-22(15-13-21)29-18-8-11-20-9-6-5-7-10-20/h5-7,9-10,12-15,27H,8,11,16-19H2,1-4H3,(H,26,28)/t25-/m1/s1. The fourth-order valence-electron chi connectivity index (χ4n) is 3.01. The molecule has 0 aliphatic rings. The fourth-order valence-corrected chi connectivity index (χ4v) is 3.01. The van der Waals surface area contributed by atoms with Crippen LogP contribution in [0.1, 0.15) is 51.7 Å². The second-order valence-corrected chi connectivity index (χ2v) is 8.93. The van der Waals surface area contributed by atoms with Gasteiger partial charge in [0.2, 0.25) is 0 Å². The van der Waals surface area contributed by atoms with E-state index in [1.807, 2.05) is 58.0 Å². The van der Waals surface area contributed by atoms with Crippen LogP contribution in [-0.4, -0.2) is 35.6 Å². The lowest BCUT2D eigenvalue weighted by molar-refractivity contribution is 0.0407. The number of rotatable bonds is 10. The van der Waals surface area contributed by atoms with Crippen molar-refractivity contribution in [1.29, 1.82) is 0 Å².